The molecule has 0 fully saturated rings. The first-order chi connectivity index (χ1) is 13.4. The maximum atomic E-state index is 12.6. The van der Waals surface area contributed by atoms with E-state index in [0.717, 1.165) is 0 Å². The molecule has 0 aromatic carbocycles. The highest BCUT2D eigenvalue weighted by atomic mass is 16.3. The SMILES string of the molecule is CCC(C)(N=NC(C)(C)C(=O)NC(CO)(CO)CO)C(=O)NC(CO)(CO)CO. The van der Waals surface area contributed by atoms with Crippen molar-refractivity contribution in [3.8, 4) is 0 Å². The van der Waals surface area contributed by atoms with Crippen molar-refractivity contribution in [2.45, 2.75) is 56.3 Å². The fraction of sp³-hybridized carbons (Fsp3) is 0.882. The fourth-order valence-electron chi connectivity index (χ4n) is 1.86. The smallest absolute Gasteiger partial charge is 0.250 e. The minimum Gasteiger partial charge on any atom is -0.394 e. The Bertz CT molecular complexity index is 559. The van der Waals surface area contributed by atoms with E-state index in [4.69, 9.17) is 0 Å². The normalized spacial score (nSPS) is 15.2. The summed E-state index contributed by atoms with van der Waals surface area (Å²) >= 11 is 0. The highest BCUT2D eigenvalue weighted by Gasteiger charge is 2.41. The van der Waals surface area contributed by atoms with Crippen LogP contribution in [0.2, 0.25) is 0 Å². The summed E-state index contributed by atoms with van der Waals surface area (Å²) in [5.41, 5.74) is -6.29. The molecule has 0 aliphatic heterocycles. The van der Waals surface area contributed by atoms with E-state index in [9.17, 15) is 40.2 Å². The monoisotopic (exact) mass is 422 g/mol. The summed E-state index contributed by atoms with van der Waals surface area (Å²) in [6.07, 6.45) is 0.145. The lowest BCUT2D eigenvalue weighted by atomic mass is 9.95. The Morgan fingerprint density at radius 2 is 1.03 bits per heavy atom. The Kier molecular flexibility index (Phi) is 10.3. The van der Waals surface area contributed by atoms with Crippen molar-refractivity contribution in [3.05, 3.63) is 0 Å². The molecule has 12 heteroatoms. The zero-order valence-electron chi connectivity index (χ0n) is 17.3. The van der Waals surface area contributed by atoms with Gasteiger partial charge >= 0.3 is 0 Å². The van der Waals surface area contributed by atoms with Gasteiger partial charge in [0.15, 0.2) is 11.1 Å². The van der Waals surface area contributed by atoms with Gasteiger partial charge in [-0.1, -0.05) is 6.92 Å². The number of carbonyl (C=O) groups is 2. The molecule has 0 radical (unpaired) electrons. The molecule has 0 saturated heterocycles. The zero-order valence-corrected chi connectivity index (χ0v) is 17.3. The first-order valence-corrected chi connectivity index (χ1v) is 9.13. The molecule has 0 aromatic rings. The number of aliphatic hydroxyl groups is 6. The van der Waals surface area contributed by atoms with E-state index >= 15 is 0 Å². The Labute approximate surface area is 169 Å². The quantitative estimate of drug-likeness (QED) is 0.144. The van der Waals surface area contributed by atoms with Gasteiger partial charge in [0.2, 0.25) is 11.8 Å². The molecule has 8 N–H and O–H groups in total. The van der Waals surface area contributed by atoms with Crippen LogP contribution in [0.3, 0.4) is 0 Å². The Morgan fingerprint density at radius 1 is 0.690 bits per heavy atom. The summed E-state index contributed by atoms with van der Waals surface area (Å²) in [4.78, 5) is 25.1. The maximum absolute atomic E-state index is 12.6. The van der Waals surface area contributed by atoms with Gasteiger partial charge in [-0.2, -0.15) is 10.2 Å². The van der Waals surface area contributed by atoms with Crippen LogP contribution in [0.25, 0.3) is 0 Å². The predicted molar refractivity (Wildman–Crippen MR) is 102 cm³/mol. The summed E-state index contributed by atoms with van der Waals surface area (Å²) in [6.45, 7) is 1.59. The largest absolute Gasteiger partial charge is 0.394 e. The van der Waals surface area contributed by atoms with E-state index in [0.29, 0.717) is 0 Å². The molecule has 0 aliphatic carbocycles. The molecule has 0 heterocycles. The number of amides is 2. The van der Waals surface area contributed by atoms with Crippen molar-refractivity contribution in [1.82, 2.24) is 10.6 Å². The number of hydrogen-bond acceptors (Lipinski definition) is 10. The van der Waals surface area contributed by atoms with Crippen LogP contribution in [0, 0.1) is 0 Å². The standard InChI is InChI=1S/C17H34N4O8/c1-5-15(4,13(29)19-17(9-25,10-26)11-27)21-20-14(2,3)12(28)18-16(6-22,7-23)8-24/h22-27H,5-11H2,1-4H3,(H,18,28)(H,19,29). The van der Waals surface area contributed by atoms with Crippen LogP contribution >= 0.6 is 0 Å². The molecule has 0 spiro atoms. The van der Waals surface area contributed by atoms with Crippen LogP contribution in [0.4, 0.5) is 0 Å². The summed E-state index contributed by atoms with van der Waals surface area (Å²) < 4.78 is 0. The maximum Gasteiger partial charge on any atom is 0.250 e. The third-order valence-electron chi connectivity index (χ3n) is 4.83. The highest BCUT2D eigenvalue weighted by molar-refractivity contribution is 5.87. The van der Waals surface area contributed by atoms with Crippen LogP contribution in [0.15, 0.2) is 10.2 Å². The van der Waals surface area contributed by atoms with Gasteiger partial charge < -0.3 is 41.3 Å². The zero-order chi connectivity index (χ0) is 22.9. The average molecular weight is 422 g/mol. The molecule has 0 saturated carbocycles. The second-order valence-electron chi connectivity index (χ2n) is 7.80. The Hall–Kier alpha value is -1.70. The van der Waals surface area contributed by atoms with Crippen molar-refractivity contribution in [2.75, 3.05) is 39.6 Å². The number of nitrogens with one attached hydrogen (secondary N) is 2. The topological polar surface area (TPSA) is 204 Å². The summed E-state index contributed by atoms with van der Waals surface area (Å²) in [5.74, 6) is -1.49. The summed E-state index contributed by atoms with van der Waals surface area (Å²) in [6, 6.07) is 0. The number of carbonyl (C=O) groups excluding carboxylic acids is 2. The third kappa shape index (κ3) is 6.66. The Morgan fingerprint density at radius 3 is 1.34 bits per heavy atom. The minimum atomic E-state index is -1.64. The molecule has 170 valence electrons. The molecule has 1 unspecified atom stereocenters. The molecule has 12 nitrogen and oxygen atoms in total. The number of aliphatic hydroxyl groups excluding tert-OH is 6. The van der Waals surface area contributed by atoms with Crippen molar-refractivity contribution in [3.63, 3.8) is 0 Å². The molecule has 0 rings (SSSR count). The Balaban J connectivity index is 5.58. The van der Waals surface area contributed by atoms with E-state index in [2.05, 4.69) is 20.9 Å². The first-order valence-electron chi connectivity index (χ1n) is 9.13. The van der Waals surface area contributed by atoms with Gasteiger partial charge in [-0.05, 0) is 27.2 Å². The van der Waals surface area contributed by atoms with Gasteiger partial charge in [-0.25, -0.2) is 0 Å². The second-order valence-corrected chi connectivity index (χ2v) is 7.80. The average Bonchev–Trinajstić information content (AvgIpc) is 2.74. The van der Waals surface area contributed by atoms with Gasteiger partial charge in [0.05, 0.1) is 39.6 Å². The van der Waals surface area contributed by atoms with Crippen molar-refractivity contribution in [1.29, 1.82) is 0 Å². The third-order valence-corrected chi connectivity index (χ3v) is 4.83. The molecule has 0 aromatic heterocycles. The minimum absolute atomic E-state index is 0.145. The summed E-state index contributed by atoms with van der Waals surface area (Å²) in [5, 5.41) is 68.7. The van der Waals surface area contributed by atoms with Gasteiger partial charge in [-0.3, -0.25) is 9.59 Å². The molecule has 0 bridgehead atoms. The van der Waals surface area contributed by atoms with E-state index < -0.39 is 73.6 Å². The van der Waals surface area contributed by atoms with Crippen molar-refractivity contribution >= 4 is 11.8 Å². The van der Waals surface area contributed by atoms with E-state index in [1.807, 2.05) is 0 Å². The van der Waals surface area contributed by atoms with Crippen molar-refractivity contribution in [2.24, 2.45) is 10.2 Å². The molecule has 1 atom stereocenters. The van der Waals surface area contributed by atoms with E-state index in [1.165, 1.54) is 20.8 Å². The lowest BCUT2D eigenvalue weighted by Gasteiger charge is -2.33. The second kappa shape index (κ2) is 10.9. The number of rotatable bonds is 13. The lowest BCUT2D eigenvalue weighted by molar-refractivity contribution is -0.132. The summed E-state index contributed by atoms with van der Waals surface area (Å²) in [7, 11) is 0. The molecule has 29 heavy (non-hydrogen) atoms. The van der Waals surface area contributed by atoms with Crippen LogP contribution in [0.1, 0.15) is 34.1 Å². The number of azo groups is 1. The predicted octanol–water partition coefficient (Wildman–Crippen LogP) is -2.95. The lowest BCUT2D eigenvalue weighted by Crippen LogP contribution is -2.61. The fourth-order valence-corrected chi connectivity index (χ4v) is 1.86. The van der Waals surface area contributed by atoms with Gasteiger partial charge in [0.25, 0.3) is 0 Å². The first kappa shape index (κ1) is 27.3. The van der Waals surface area contributed by atoms with E-state index in [1.54, 1.807) is 6.92 Å². The number of hydrogen-bond donors (Lipinski definition) is 8. The highest BCUT2D eigenvalue weighted by Crippen LogP contribution is 2.22. The van der Waals surface area contributed by atoms with E-state index in [-0.39, 0.29) is 6.42 Å². The molecule has 2 amide bonds. The molecule has 0 aliphatic rings. The molecular weight excluding hydrogens is 388 g/mol. The number of nitrogens with zero attached hydrogens (tertiary/aromatic N) is 2. The van der Waals surface area contributed by atoms with Crippen LogP contribution in [-0.2, 0) is 9.59 Å². The van der Waals surface area contributed by atoms with Gasteiger partial charge in [-0.15, -0.1) is 0 Å². The van der Waals surface area contributed by atoms with Crippen molar-refractivity contribution < 1.29 is 40.2 Å². The molecular formula is C17H34N4O8. The van der Waals surface area contributed by atoms with Crippen LogP contribution in [0.5, 0.6) is 0 Å². The van der Waals surface area contributed by atoms with Crippen LogP contribution in [-0.4, -0.2) is 104 Å². The van der Waals surface area contributed by atoms with Crippen LogP contribution < -0.4 is 10.6 Å². The van der Waals surface area contributed by atoms with Gasteiger partial charge in [0.1, 0.15) is 11.1 Å². The van der Waals surface area contributed by atoms with Gasteiger partial charge in [0, 0.05) is 0 Å².